The van der Waals surface area contributed by atoms with Crippen LogP contribution in [0.1, 0.15) is 31.2 Å². The Morgan fingerprint density at radius 3 is 2.21 bits per heavy atom. The van der Waals surface area contributed by atoms with Gasteiger partial charge in [-0.25, -0.2) is 13.9 Å². The molecule has 1 aliphatic rings. The average Bonchev–Trinajstić information content (AvgIpc) is 2.94. The van der Waals surface area contributed by atoms with Gasteiger partial charge in [0.05, 0.1) is 18.6 Å². The van der Waals surface area contributed by atoms with E-state index in [0.29, 0.717) is 36.5 Å². The van der Waals surface area contributed by atoms with Crippen LogP contribution in [0.5, 0.6) is 11.5 Å². The van der Waals surface area contributed by atoms with Crippen molar-refractivity contribution in [2.75, 3.05) is 41.0 Å². The van der Waals surface area contributed by atoms with Gasteiger partial charge in [-0.15, -0.1) is 0 Å². The smallest absolute Gasteiger partial charge is 0.265 e. The molecular weight excluding hydrogens is 512 g/mol. The summed E-state index contributed by atoms with van der Waals surface area (Å²) >= 11 is 0. The van der Waals surface area contributed by atoms with Gasteiger partial charge in [0.25, 0.3) is 11.8 Å². The molecule has 2 N–H and O–H groups in total. The van der Waals surface area contributed by atoms with E-state index in [4.69, 9.17) is 14.2 Å². The summed E-state index contributed by atoms with van der Waals surface area (Å²) in [4.78, 5) is 26.6. The second-order valence-electron chi connectivity index (χ2n) is 9.06. The molecule has 1 aliphatic heterocycles. The van der Waals surface area contributed by atoms with Crippen LogP contribution in [0.2, 0.25) is 0 Å². The number of rotatable bonds is 11. The number of carbonyl (C=O) groups excluding carboxylic acids is 2. The van der Waals surface area contributed by atoms with Gasteiger partial charge in [0, 0.05) is 32.9 Å². The number of sulfone groups is 1. The van der Waals surface area contributed by atoms with E-state index in [1.807, 2.05) is 18.2 Å². The van der Waals surface area contributed by atoms with Gasteiger partial charge in [-0.05, 0) is 67.6 Å². The molecule has 0 aliphatic carbocycles. The van der Waals surface area contributed by atoms with Crippen LogP contribution in [-0.4, -0.2) is 76.1 Å². The first kappa shape index (κ1) is 29.2. The van der Waals surface area contributed by atoms with Crippen molar-refractivity contribution >= 4 is 27.2 Å². The largest absolute Gasteiger partial charge is 0.497 e. The van der Waals surface area contributed by atoms with Crippen molar-refractivity contribution in [3.05, 3.63) is 60.2 Å². The zero-order valence-corrected chi connectivity index (χ0v) is 22.6. The normalized spacial score (nSPS) is 15.4. The molecule has 11 heteroatoms. The molecule has 38 heavy (non-hydrogen) atoms. The SMILES string of the molecule is COc1ccc(/C(=C/CCCOc2ccc(S(=O)(=O)C3(C(=O)NO)CCOCC3)cc2)C(=O)N(C)C)cc1. The third-order valence-electron chi connectivity index (χ3n) is 6.47. The first-order chi connectivity index (χ1) is 18.2. The minimum Gasteiger partial charge on any atom is -0.497 e. The first-order valence-electron chi connectivity index (χ1n) is 12.2. The summed E-state index contributed by atoms with van der Waals surface area (Å²) in [6, 6.07) is 13.1. The summed E-state index contributed by atoms with van der Waals surface area (Å²) in [5.41, 5.74) is 2.88. The lowest BCUT2D eigenvalue weighted by Gasteiger charge is -2.34. The number of unbranched alkanes of at least 4 members (excludes halogenated alkanes) is 1. The molecule has 2 aromatic carbocycles. The van der Waals surface area contributed by atoms with E-state index in [1.54, 1.807) is 33.3 Å². The van der Waals surface area contributed by atoms with Crippen LogP contribution in [0.3, 0.4) is 0 Å². The number of likely N-dealkylation sites (N-methyl/N-ethyl adjacent to an activating group) is 1. The van der Waals surface area contributed by atoms with E-state index in [-0.39, 0.29) is 36.9 Å². The van der Waals surface area contributed by atoms with Gasteiger partial charge in [-0.2, -0.15) is 0 Å². The number of hydrogen-bond donors (Lipinski definition) is 2. The summed E-state index contributed by atoms with van der Waals surface area (Å²) in [5.74, 6) is 0.110. The summed E-state index contributed by atoms with van der Waals surface area (Å²) < 4.78 is 41.0. The van der Waals surface area contributed by atoms with Crippen molar-refractivity contribution in [2.45, 2.75) is 35.3 Å². The van der Waals surface area contributed by atoms with Crippen molar-refractivity contribution in [1.82, 2.24) is 10.4 Å². The Balaban J connectivity index is 1.63. The molecule has 1 fully saturated rings. The molecule has 2 amide bonds. The van der Waals surface area contributed by atoms with Crippen LogP contribution in [0.15, 0.2) is 59.5 Å². The van der Waals surface area contributed by atoms with Crippen LogP contribution in [0, 0.1) is 0 Å². The first-order valence-corrected chi connectivity index (χ1v) is 13.7. The third kappa shape index (κ3) is 6.35. The Morgan fingerprint density at radius 1 is 1.05 bits per heavy atom. The maximum atomic E-state index is 13.3. The van der Waals surface area contributed by atoms with E-state index < -0.39 is 20.5 Å². The molecule has 1 heterocycles. The number of nitrogens with zero attached hydrogens (tertiary/aromatic N) is 1. The lowest BCUT2D eigenvalue weighted by Crippen LogP contribution is -2.54. The minimum atomic E-state index is -4.10. The second kappa shape index (κ2) is 12.9. The number of hydrogen-bond acceptors (Lipinski definition) is 8. The van der Waals surface area contributed by atoms with Gasteiger partial charge in [0.1, 0.15) is 11.5 Å². The number of nitrogens with one attached hydrogen (secondary N) is 1. The van der Waals surface area contributed by atoms with E-state index in [9.17, 15) is 23.2 Å². The highest BCUT2D eigenvalue weighted by Gasteiger charge is 2.52. The highest BCUT2D eigenvalue weighted by molar-refractivity contribution is 7.93. The monoisotopic (exact) mass is 546 g/mol. The molecule has 0 unspecified atom stereocenters. The predicted octanol–water partition coefficient (Wildman–Crippen LogP) is 2.85. The topological polar surface area (TPSA) is 131 Å². The fourth-order valence-corrected chi connectivity index (χ4v) is 6.16. The van der Waals surface area contributed by atoms with E-state index in [2.05, 4.69) is 0 Å². The molecule has 0 saturated carbocycles. The fourth-order valence-electron chi connectivity index (χ4n) is 4.22. The molecule has 3 rings (SSSR count). The van der Waals surface area contributed by atoms with Gasteiger partial charge in [-0.1, -0.05) is 18.2 Å². The molecule has 10 nitrogen and oxygen atoms in total. The van der Waals surface area contributed by atoms with Crippen LogP contribution in [0.25, 0.3) is 5.57 Å². The molecule has 0 radical (unpaired) electrons. The lowest BCUT2D eigenvalue weighted by molar-refractivity contribution is -0.134. The number of methoxy groups -OCH3 is 1. The molecule has 206 valence electrons. The lowest BCUT2D eigenvalue weighted by atomic mass is 9.98. The number of ether oxygens (including phenoxy) is 3. The van der Waals surface area contributed by atoms with Crippen LogP contribution < -0.4 is 15.0 Å². The predicted molar refractivity (Wildman–Crippen MR) is 141 cm³/mol. The molecular formula is C27H34N2O8S. The number of allylic oxidation sites excluding steroid dienone is 1. The zero-order valence-electron chi connectivity index (χ0n) is 21.8. The molecule has 0 bridgehead atoms. The van der Waals surface area contributed by atoms with Crippen molar-refractivity contribution in [3.8, 4) is 11.5 Å². The standard InChI is InChI=1S/C27H34N2O8S/c1-29(2)25(30)24(20-7-9-21(35-3)10-8-20)6-4-5-17-37-22-11-13-23(14-12-22)38(33,34)27(26(31)28-32)15-18-36-19-16-27/h6-14,32H,4-5,15-19H2,1-3H3,(H,28,31)/b24-6-. The van der Waals surface area contributed by atoms with Crippen LogP contribution >= 0.6 is 0 Å². The maximum Gasteiger partial charge on any atom is 0.265 e. The van der Waals surface area contributed by atoms with Crippen LogP contribution in [-0.2, 0) is 24.2 Å². The number of carbonyl (C=O) groups is 2. The molecule has 0 atom stereocenters. The number of benzene rings is 2. The zero-order chi connectivity index (χ0) is 27.8. The van der Waals surface area contributed by atoms with E-state index >= 15 is 0 Å². The summed E-state index contributed by atoms with van der Waals surface area (Å²) in [5, 5.41) is 9.17. The third-order valence-corrected chi connectivity index (χ3v) is 8.98. The number of amides is 2. The minimum absolute atomic E-state index is 0.0374. The molecule has 2 aromatic rings. The number of hydroxylamine groups is 1. The Bertz CT molecular complexity index is 1230. The Hall–Kier alpha value is -3.41. The second-order valence-corrected chi connectivity index (χ2v) is 11.3. The Kier molecular flexibility index (Phi) is 9.90. The quantitative estimate of drug-likeness (QED) is 0.190. The van der Waals surface area contributed by atoms with Crippen molar-refractivity contribution in [2.24, 2.45) is 0 Å². The fraction of sp³-hybridized carbons (Fsp3) is 0.407. The highest BCUT2D eigenvalue weighted by Crippen LogP contribution is 2.35. The van der Waals surface area contributed by atoms with Crippen molar-refractivity contribution in [3.63, 3.8) is 0 Å². The van der Waals surface area contributed by atoms with Crippen molar-refractivity contribution < 1.29 is 37.4 Å². The van der Waals surface area contributed by atoms with Gasteiger partial charge < -0.3 is 19.1 Å². The molecule has 1 saturated heterocycles. The van der Waals surface area contributed by atoms with Gasteiger partial charge in [0.15, 0.2) is 14.6 Å². The Morgan fingerprint density at radius 2 is 1.66 bits per heavy atom. The van der Waals surface area contributed by atoms with E-state index in [1.165, 1.54) is 34.6 Å². The summed E-state index contributed by atoms with van der Waals surface area (Å²) in [6.45, 7) is 0.550. The Labute approximate surface area is 223 Å². The molecule has 0 spiro atoms. The van der Waals surface area contributed by atoms with Gasteiger partial charge in [-0.3, -0.25) is 14.8 Å². The molecule has 0 aromatic heterocycles. The van der Waals surface area contributed by atoms with E-state index in [0.717, 1.165) is 5.56 Å². The summed E-state index contributed by atoms with van der Waals surface area (Å²) in [6.07, 6.45) is 2.99. The van der Waals surface area contributed by atoms with Gasteiger partial charge >= 0.3 is 0 Å². The maximum absolute atomic E-state index is 13.3. The average molecular weight is 547 g/mol. The van der Waals surface area contributed by atoms with Crippen molar-refractivity contribution in [1.29, 1.82) is 0 Å². The van der Waals surface area contributed by atoms with Crippen LogP contribution in [0.4, 0.5) is 0 Å². The van der Waals surface area contributed by atoms with Gasteiger partial charge in [0.2, 0.25) is 0 Å². The highest BCUT2D eigenvalue weighted by atomic mass is 32.2. The summed E-state index contributed by atoms with van der Waals surface area (Å²) in [7, 11) is 0.892.